The van der Waals surface area contributed by atoms with E-state index in [9.17, 15) is 10.1 Å². The number of ketones is 1. The van der Waals surface area contributed by atoms with Crippen LogP contribution in [-0.4, -0.2) is 30.2 Å². The molecule has 0 saturated carbocycles. The minimum atomic E-state index is -0.698. The number of nitrogens with zero attached hydrogens (tertiary/aromatic N) is 4. The number of anilines is 1. The molecular weight excluding hydrogens is 566 g/mol. The third-order valence-electron chi connectivity index (χ3n) is 6.99. The number of thioether (sulfide) groups is 1. The maximum atomic E-state index is 13.8. The molecule has 0 bridgehead atoms. The predicted molar refractivity (Wildman–Crippen MR) is 158 cm³/mol. The van der Waals surface area contributed by atoms with Crippen LogP contribution in [0, 0.1) is 16.7 Å². The van der Waals surface area contributed by atoms with Crippen LogP contribution < -0.4 is 20.1 Å². The summed E-state index contributed by atoms with van der Waals surface area (Å²) in [5, 5.41) is 20.4. The van der Waals surface area contributed by atoms with Crippen molar-refractivity contribution >= 4 is 45.6 Å². The summed E-state index contributed by atoms with van der Waals surface area (Å²) in [6.07, 6.45) is 0.919. The monoisotopic (exact) mass is 593 g/mol. The number of ether oxygens (including phenoxy) is 2. The Kier molecular flexibility index (Phi) is 7.82. The molecule has 206 valence electrons. The van der Waals surface area contributed by atoms with Crippen molar-refractivity contribution in [2.45, 2.75) is 42.7 Å². The van der Waals surface area contributed by atoms with Gasteiger partial charge in [-0.3, -0.25) is 9.69 Å². The number of methoxy groups -OCH3 is 2. The molecule has 1 aromatic heterocycles. The highest BCUT2D eigenvalue weighted by molar-refractivity contribution is 8.00. The molecule has 0 unspecified atom stereocenters. The first-order chi connectivity index (χ1) is 19.2. The molecule has 0 amide bonds. The normalized spacial score (nSPS) is 18.4. The van der Waals surface area contributed by atoms with E-state index in [0.717, 1.165) is 15.6 Å². The lowest BCUT2D eigenvalue weighted by Crippen LogP contribution is -2.42. The van der Waals surface area contributed by atoms with Crippen LogP contribution in [0.4, 0.5) is 5.13 Å². The van der Waals surface area contributed by atoms with Crippen molar-refractivity contribution in [1.82, 2.24) is 10.2 Å². The number of carbonyl (C=O) groups excluding carboxylic acids is 1. The van der Waals surface area contributed by atoms with Gasteiger partial charge >= 0.3 is 0 Å². The van der Waals surface area contributed by atoms with E-state index in [1.165, 1.54) is 11.3 Å². The van der Waals surface area contributed by atoms with Gasteiger partial charge in [0.15, 0.2) is 10.1 Å². The quantitative estimate of drug-likeness (QED) is 0.309. The van der Waals surface area contributed by atoms with Gasteiger partial charge in [-0.2, -0.15) is 5.26 Å². The Morgan fingerprint density at radius 2 is 1.93 bits per heavy atom. The lowest BCUT2D eigenvalue weighted by molar-refractivity contribution is -0.118. The van der Waals surface area contributed by atoms with Crippen LogP contribution in [-0.2, 0) is 10.5 Å². The van der Waals surface area contributed by atoms with Gasteiger partial charge in [0.1, 0.15) is 17.3 Å². The van der Waals surface area contributed by atoms with Crippen molar-refractivity contribution in [1.29, 1.82) is 5.26 Å². The summed E-state index contributed by atoms with van der Waals surface area (Å²) in [6.45, 7) is 4.11. The second-order valence-electron chi connectivity index (χ2n) is 10.4. The highest BCUT2D eigenvalue weighted by Crippen LogP contribution is 2.52. The maximum absolute atomic E-state index is 13.8. The molecule has 5 rings (SSSR count). The van der Waals surface area contributed by atoms with E-state index in [1.807, 2.05) is 24.3 Å². The number of aromatic nitrogens is 2. The van der Waals surface area contributed by atoms with Gasteiger partial charge in [0.05, 0.1) is 31.8 Å². The Hall–Kier alpha value is -3.52. The molecule has 11 heteroatoms. The zero-order valence-corrected chi connectivity index (χ0v) is 24.9. The summed E-state index contributed by atoms with van der Waals surface area (Å²) < 4.78 is 11.9. The second-order valence-corrected chi connectivity index (χ2v) is 13.0. The molecule has 2 heterocycles. The van der Waals surface area contributed by atoms with Crippen molar-refractivity contribution in [2.75, 3.05) is 19.1 Å². The molecule has 40 heavy (non-hydrogen) atoms. The molecule has 2 aromatic carbocycles. The van der Waals surface area contributed by atoms with Gasteiger partial charge in [0, 0.05) is 34.0 Å². The molecule has 0 fully saturated rings. The lowest BCUT2D eigenvalue weighted by atomic mass is 9.68. The Morgan fingerprint density at radius 1 is 1.18 bits per heavy atom. The Balaban J connectivity index is 1.60. The average Bonchev–Trinajstić information content (AvgIpc) is 3.39. The smallest absolute Gasteiger partial charge is 0.219 e. The van der Waals surface area contributed by atoms with Crippen LogP contribution in [0.2, 0.25) is 5.02 Å². The standard InChI is InChI=1S/C29H28ClN5O3S2/c1-29(2)12-21-25(22(36)13-29)24(19-11-18(37-3)9-10-23(19)38-4)20(14-31)26(32)35(21)27-33-34-28(40-27)39-15-16-5-7-17(30)8-6-16/h5-11,24H,12-13,15,32H2,1-4H3/t24-/m1/s1. The van der Waals surface area contributed by atoms with Crippen LogP contribution in [0.3, 0.4) is 0 Å². The van der Waals surface area contributed by atoms with Crippen LogP contribution in [0.5, 0.6) is 11.5 Å². The number of Topliss-reactive ketones (excluding diaryl/α,β-unsaturated/α-hetero) is 1. The van der Waals surface area contributed by atoms with E-state index in [0.29, 0.717) is 51.4 Å². The number of hydrogen-bond donors (Lipinski definition) is 1. The third-order valence-corrected chi connectivity index (χ3v) is 9.36. The van der Waals surface area contributed by atoms with Crippen molar-refractivity contribution in [3.05, 3.63) is 81.3 Å². The summed E-state index contributed by atoms with van der Waals surface area (Å²) in [7, 11) is 3.13. The first-order valence-corrected chi connectivity index (χ1v) is 14.7. The van der Waals surface area contributed by atoms with Crippen molar-refractivity contribution < 1.29 is 14.3 Å². The molecule has 0 saturated heterocycles. The zero-order chi connectivity index (χ0) is 28.6. The molecular formula is C29H28ClN5O3S2. The summed E-state index contributed by atoms with van der Waals surface area (Å²) in [6, 6.07) is 15.3. The molecule has 1 atom stereocenters. The van der Waals surface area contributed by atoms with Crippen LogP contribution in [0.25, 0.3) is 0 Å². The van der Waals surface area contributed by atoms with Gasteiger partial charge in [-0.25, -0.2) is 0 Å². The Labute approximate surface area is 246 Å². The largest absolute Gasteiger partial charge is 0.497 e. The number of rotatable bonds is 7. The first-order valence-electron chi connectivity index (χ1n) is 12.5. The fraction of sp³-hybridized carbons (Fsp3) is 0.310. The maximum Gasteiger partial charge on any atom is 0.219 e. The van der Waals surface area contributed by atoms with Gasteiger partial charge in [-0.1, -0.05) is 60.7 Å². The molecule has 2 aliphatic rings. The van der Waals surface area contributed by atoms with Gasteiger partial charge in [0.2, 0.25) is 5.13 Å². The molecule has 8 nitrogen and oxygen atoms in total. The predicted octanol–water partition coefficient (Wildman–Crippen LogP) is 6.44. The number of nitrogens with two attached hydrogens (primary N) is 1. The summed E-state index contributed by atoms with van der Waals surface area (Å²) in [4.78, 5) is 15.6. The Morgan fingerprint density at radius 3 is 2.60 bits per heavy atom. The van der Waals surface area contributed by atoms with E-state index >= 15 is 0 Å². The number of carbonyl (C=O) groups is 1. The van der Waals surface area contributed by atoms with Crippen molar-refractivity contribution in [3.63, 3.8) is 0 Å². The van der Waals surface area contributed by atoms with E-state index in [4.69, 9.17) is 26.8 Å². The van der Waals surface area contributed by atoms with E-state index < -0.39 is 5.92 Å². The molecule has 0 radical (unpaired) electrons. The summed E-state index contributed by atoms with van der Waals surface area (Å²) in [5.41, 5.74) is 9.74. The topological polar surface area (TPSA) is 114 Å². The fourth-order valence-electron chi connectivity index (χ4n) is 5.18. The number of benzene rings is 2. The highest BCUT2D eigenvalue weighted by atomic mass is 35.5. The van der Waals surface area contributed by atoms with E-state index in [1.54, 1.807) is 49.1 Å². The van der Waals surface area contributed by atoms with Crippen molar-refractivity contribution in [2.24, 2.45) is 11.1 Å². The van der Waals surface area contributed by atoms with Gasteiger partial charge in [-0.15, -0.1) is 10.2 Å². The van der Waals surface area contributed by atoms with E-state index in [2.05, 4.69) is 30.1 Å². The van der Waals surface area contributed by atoms with Crippen LogP contribution >= 0.6 is 34.7 Å². The van der Waals surface area contributed by atoms with Gasteiger partial charge in [-0.05, 0) is 47.7 Å². The lowest BCUT2D eigenvalue weighted by Gasteiger charge is -2.42. The van der Waals surface area contributed by atoms with Gasteiger partial charge < -0.3 is 15.2 Å². The fourth-order valence-corrected chi connectivity index (χ4v) is 7.14. The second kappa shape index (κ2) is 11.2. The molecule has 3 aromatic rings. The number of nitriles is 1. The van der Waals surface area contributed by atoms with Crippen LogP contribution in [0.15, 0.2) is 69.5 Å². The molecule has 2 N–H and O–H groups in total. The average molecular weight is 594 g/mol. The molecule has 0 spiro atoms. The highest BCUT2D eigenvalue weighted by Gasteiger charge is 2.46. The summed E-state index contributed by atoms with van der Waals surface area (Å²) in [5.74, 6) is 1.32. The zero-order valence-electron chi connectivity index (χ0n) is 22.5. The molecule has 1 aliphatic carbocycles. The Bertz CT molecular complexity index is 1570. The van der Waals surface area contributed by atoms with Gasteiger partial charge in [0.25, 0.3) is 0 Å². The first kappa shape index (κ1) is 28.0. The summed E-state index contributed by atoms with van der Waals surface area (Å²) >= 11 is 8.93. The molecule has 1 aliphatic heterocycles. The van der Waals surface area contributed by atoms with Crippen LogP contribution in [0.1, 0.15) is 43.7 Å². The number of hydrogen-bond acceptors (Lipinski definition) is 10. The minimum Gasteiger partial charge on any atom is -0.497 e. The van der Waals surface area contributed by atoms with Crippen molar-refractivity contribution in [3.8, 4) is 17.6 Å². The number of allylic oxidation sites excluding steroid dienone is 3. The minimum absolute atomic E-state index is 0.0341. The number of halogens is 1. The third kappa shape index (κ3) is 5.29. The van der Waals surface area contributed by atoms with E-state index in [-0.39, 0.29) is 22.6 Å². The SMILES string of the molecule is COc1ccc(OC)c([C@@H]2C(C#N)=C(N)N(c3nnc(SCc4ccc(Cl)cc4)s3)C3=C2C(=O)CC(C)(C)C3)c1.